The van der Waals surface area contributed by atoms with Crippen LogP contribution in [0.3, 0.4) is 0 Å². The number of aliphatic imine (C=N–C) groups is 1. The first kappa shape index (κ1) is 18.3. The maximum absolute atomic E-state index is 10.3. The van der Waals surface area contributed by atoms with Crippen molar-refractivity contribution in [3.63, 3.8) is 0 Å². The number of isocyanates is 1. The maximum atomic E-state index is 10.3. The molecule has 0 aliphatic heterocycles. The molecule has 4 nitrogen and oxygen atoms in total. The van der Waals surface area contributed by atoms with E-state index in [9.17, 15) is 4.79 Å². The highest BCUT2D eigenvalue weighted by atomic mass is 16.7. The molecule has 0 aliphatic rings. The molecule has 0 radical (unpaired) electrons. The summed E-state index contributed by atoms with van der Waals surface area (Å²) in [6, 6.07) is 0. The normalized spacial score (nSPS) is 13.1. The highest BCUT2D eigenvalue weighted by Gasteiger charge is 2.33. The minimum atomic E-state index is -0.677. The van der Waals surface area contributed by atoms with Crippen molar-refractivity contribution < 1.29 is 14.3 Å². The van der Waals surface area contributed by atoms with E-state index in [0.29, 0.717) is 6.54 Å². The number of unbranched alkanes of at least 4 members (excludes halogenated alkanes) is 5. The Balaban J connectivity index is 4.17. The van der Waals surface area contributed by atoms with Crippen LogP contribution in [-0.4, -0.2) is 32.6 Å². The van der Waals surface area contributed by atoms with Crippen molar-refractivity contribution in [3.8, 4) is 0 Å². The van der Waals surface area contributed by atoms with Gasteiger partial charge in [0, 0.05) is 20.1 Å². The third kappa shape index (κ3) is 7.46. The van der Waals surface area contributed by atoms with E-state index >= 15 is 0 Å². The van der Waals surface area contributed by atoms with E-state index in [-0.39, 0.29) is 5.92 Å². The van der Waals surface area contributed by atoms with Crippen molar-refractivity contribution in [3.05, 3.63) is 0 Å². The molecular weight excluding hydrogens is 242 g/mol. The van der Waals surface area contributed by atoms with Gasteiger partial charge in [-0.05, 0) is 13.3 Å². The van der Waals surface area contributed by atoms with Gasteiger partial charge in [-0.15, -0.1) is 0 Å². The van der Waals surface area contributed by atoms with Gasteiger partial charge in [0.2, 0.25) is 6.08 Å². The quantitative estimate of drug-likeness (QED) is 0.235. The number of methoxy groups -OCH3 is 2. The fourth-order valence-electron chi connectivity index (χ4n) is 2.25. The van der Waals surface area contributed by atoms with Gasteiger partial charge in [-0.3, -0.25) is 0 Å². The molecular formula is C15H29NO3. The van der Waals surface area contributed by atoms with Gasteiger partial charge in [0.25, 0.3) is 0 Å². The summed E-state index contributed by atoms with van der Waals surface area (Å²) in [6.45, 7) is 4.53. The molecule has 0 aromatic rings. The van der Waals surface area contributed by atoms with E-state index in [1.54, 1.807) is 20.3 Å². The number of hydrogen-bond acceptors (Lipinski definition) is 4. The number of carbonyl (C=O) groups excluding carboxylic acids is 1. The smallest absolute Gasteiger partial charge is 0.234 e. The van der Waals surface area contributed by atoms with Crippen molar-refractivity contribution in [2.75, 3.05) is 20.8 Å². The Morgan fingerprint density at radius 1 is 1.11 bits per heavy atom. The van der Waals surface area contributed by atoms with Crippen molar-refractivity contribution in [1.82, 2.24) is 0 Å². The second-order valence-corrected chi connectivity index (χ2v) is 5.11. The Hall–Kier alpha value is -0.700. The van der Waals surface area contributed by atoms with Crippen LogP contribution in [0.2, 0.25) is 0 Å². The topological polar surface area (TPSA) is 47.9 Å². The van der Waals surface area contributed by atoms with Crippen molar-refractivity contribution >= 4 is 6.08 Å². The van der Waals surface area contributed by atoms with E-state index in [2.05, 4.69) is 11.9 Å². The van der Waals surface area contributed by atoms with Gasteiger partial charge in [-0.1, -0.05) is 45.4 Å². The summed E-state index contributed by atoms with van der Waals surface area (Å²) >= 11 is 0. The maximum Gasteiger partial charge on any atom is 0.234 e. The predicted octanol–water partition coefficient (Wildman–Crippen LogP) is 3.70. The summed E-state index contributed by atoms with van der Waals surface area (Å²) < 4.78 is 10.9. The number of nitrogens with zero attached hydrogens (tertiary/aromatic N) is 1. The second kappa shape index (κ2) is 11.2. The third-order valence-corrected chi connectivity index (χ3v) is 3.83. The minimum Gasteiger partial charge on any atom is -0.353 e. The van der Waals surface area contributed by atoms with Crippen molar-refractivity contribution in [2.24, 2.45) is 10.9 Å². The van der Waals surface area contributed by atoms with Crippen LogP contribution in [-0.2, 0) is 14.3 Å². The first-order valence-corrected chi connectivity index (χ1v) is 7.28. The number of rotatable bonds is 12. The zero-order valence-corrected chi connectivity index (χ0v) is 12.9. The Kier molecular flexibility index (Phi) is 10.7. The number of ether oxygens (including phenoxy) is 2. The molecule has 0 aromatic heterocycles. The summed E-state index contributed by atoms with van der Waals surface area (Å²) in [5.41, 5.74) is 0. The number of hydrogen-bond donors (Lipinski definition) is 0. The molecule has 112 valence electrons. The Morgan fingerprint density at radius 2 is 1.68 bits per heavy atom. The zero-order valence-electron chi connectivity index (χ0n) is 12.9. The second-order valence-electron chi connectivity index (χ2n) is 5.11. The lowest BCUT2D eigenvalue weighted by atomic mass is 9.92. The Bertz CT molecular complexity index is 258. The predicted molar refractivity (Wildman–Crippen MR) is 76.9 cm³/mol. The van der Waals surface area contributed by atoms with Gasteiger partial charge in [-0.2, -0.15) is 0 Å². The van der Waals surface area contributed by atoms with Gasteiger partial charge in [0.1, 0.15) is 0 Å². The Morgan fingerprint density at radius 3 is 2.21 bits per heavy atom. The average Bonchev–Trinajstić information content (AvgIpc) is 2.45. The lowest BCUT2D eigenvalue weighted by molar-refractivity contribution is -0.226. The lowest BCUT2D eigenvalue weighted by Gasteiger charge is -2.34. The molecule has 0 spiro atoms. The molecule has 0 rings (SSSR count). The lowest BCUT2D eigenvalue weighted by Crippen LogP contribution is -2.40. The van der Waals surface area contributed by atoms with Gasteiger partial charge in [-0.25, -0.2) is 9.79 Å². The van der Waals surface area contributed by atoms with Crippen LogP contribution in [0, 0.1) is 5.92 Å². The fraction of sp³-hybridized carbons (Fsp3) is 0.933. The molecule has 1 unspecified atom stereocenters. The van der Waals surface area contributed by atoms with Gasteiger partial charge in [0.05, 0.1) is 6.54 Å². The highest BCUT2D eigenvalue weighted by Crippen LogP contribution is 2.27. The van der Waals surface area contributed by atoms with Crippen LogP contribution in [0.25, 0.3) is 0 Å². The molecule has 19 heavy (non-hydrogen) atoms. The van der Waals surface area contributed by atoms with Crippen LogP contribution in [0.5, 0.6) is 0 Å². The van der Waals surface area contributed by atoms with Crippen LogP contribution >= 0.6 is 0 Å². The molecule has 1 atom stereocenters. The van der Waals surface area contributed by atoms with Crippen LogP contribution in [0.1, 0.15) is 58.8 Å². The van der Waals surface area contributed by atoms with Crippen molar-refractivity contribution in [1.29, 1.82) is 0 Å². The van der Waals surface area contributed by atoms with Crippen molar-refractivity contribution in [2.45, 2.75) is 64.6 Å². The molecule has 0 aliphatic carbocycles. The Labute approximate surface area is 117 Å². The summed E-state index contributed by atoms with van der Waals surface area (Å²) in [5.74, 6) is -0.584. The molecule has 0 bridgehead atoms. The van der Waals surface area contributed by atoms with Crippen LogP contribution < -0.4 is 0 Å². The van der Waals surface area contributed by atoms with E-state index in [4.69, 9.17) is 9.47 Å². The fourth-order valence-corrected chi connectivity index (χ4v) is 2.25. The van der Waals surface area contributed by atoms with E-state index in [0.717, 1.165) is 12.8 Å². The minimum absolute atomic E-state index is 0.0927. The molecule has 0 aromatic carbocycles. The monoisotopic (exact) mass is 271 g/mol. The largest absolute Gasteiger partial charge is 0.353 e. The molecule has 4 heteroatoms. The summed E-state index contributed by atoms with van der Waals surface area (Å²) in [7, 11) is 3.25. The summed E-state index contributed by atoms with van der Waals surface area (Å²) in [6.07, 6.45) is 10.0. The van der Waals surface area contributed by atoms with Crippen LogP contribution in [0.4, 0.5) is 0 Å². The van der Waals surface area contributed by atoms with E-state index < -0.39 is 5.79 Å². The van der Waals surface area contributed by atoms with Crippen LogP contribution in [0.15, 0.2) is 4.99 Å². The molecule has 0 N–H and O–H groups in total. The van der Waals surface area contributed by atoms with E-state index in [1.807, 2.05) is 6.92 Å². The third-order valence-electron chi connectivity index (χ3n) is 3.83. The standard InChI is InChI=1S/C15H29NO3/c1-5-6-7-8-9-10-11-14(12-16-13-17)15(2,18-3)19-4/h14H,5-12H2,1-4H3. The molecule has 0 amide bonds. The highest BCUT2D eigenvalue weighted by molar-refractivity contribution is 5.32. The molecule has 0 fully saturated rings. The summed E-state index contributed by atoms with van der Waals surface area (Å²) in [4.78, 5) is 14.0. The molecule has 0 heterocycles. The molecule has 0 saturated heterocycles. The SMILES string of the molecule is CCCCCCCCC(CN=C=O)C(C)(OC)OC. The van der Waals surface area contributed by atoms with Gasteiger partial charge in [0.15, 0.2) is 5.79 Å². The zero-order chi connectivity index (χ0) is 14.6. The average molecular weight is 271 g/mol. The summed E-state index contributed by atoms with van der Waals surface area (Å²) in [5, 5.41) is 0. The first-order valence-electron chi connectivity index (χ1n) is 7.28. The van der Waals surface area contributed by atoms with Gasteiger partial charge >= 0.3 is 0 Å². The first-order chi connectivity index (χ1) is 9.14. The molecule has 0 saturated carbocycles. The van der Waals surface area contributed by atoms with Gasteiger partial charge < -0.3 is 9.47 Å². The van der Waals surface area contributed by atoms with E-state index in [1.165, 1.54) is 32.1 Å².